The number of methoxy groups -OCH3 is 1. The normalized spacial score (nSPS) is 27.8. The Balaban J connectivity index is 1.42. The molecule has 154 valence electrons. The van der Waals surface area contributed by atoms with Crippen LogP contribution in [0.25, 0.3) is 0 Å². The second-order valence-electron chi connectivity index (χ2n) is 7.73. The van der Waals surface area contributed by atoms with Gasteiger partial charge in [-0.1, -0.05) is 6.42 Å². The number of halogens is 2. The van der Waals surface area contributed by atoms with Gasteiger partial charge in [-0.25, -0.2) is 0 Å². The predicted octanol–water partition coefficient (Wildman–Crippen LogP) is 2.92. The maximum absolute atomic E-state index is 12.7. The number of guanidine groups is 1. The van der Waals surface area contributed by atoms with Gasteiger partial charge in [0, 0.05) is 43.1 Å². The predicted molar refractivity (Wildman–Crippen MR) is 101 cm³/mol. The van der Waals surface area contributed by atoms with Gasteiger partial charge in [-0.05, 0) is 37.5 Å². The van der Waals surface area contributed by atoms with E-state index in [1.54, 1.807) is 19.2 Å². The molecule has 8 heteroatoms. The van der Waals surface area contributed by atoms with Crippen LogP contribution in [0.2, 0.25) is 0 Å². The Bertz CT molecular complexity index is 739. The molecule has 0 radical (unpaired) electrons. The molecule has 1 aliphatic heterocycles. The number of aliphatic imine (C=N–C) groups is 1. The fraction of sp³-hybridized carbons (Fsp3) is 0.650. The van der Waals surface area contributed by atoms with Crippen LogP contribution in [0.1, 0.15) is 31.2 Å². The third kappa shape index (κ3) is 3.27. The number of nitrogens with zero attached hydrogens (tertiary/aromatic N) is 1. The van der Waals surface area contributed by atoms with Crippen molar-refractivity contribution in [3.05, 3.63) is 23.8 Å². The Morgan fingerprint density at radius 3 is 2.86 bits per heavy atom. The van der Waals surface area contributed by atoms with E-state index in [1.807, 2.05) is 0 Å². The summed E-state index contributed by atoms with van der Waals surface area (Å²) in [5.74, 6) is 1.89. The third-order valence-electron chi connectivity index (χ3n) is 6.48. The van der Waals surface area contributed by atoms with Crippen LogP contribution in [-0.4, -0.2) is 45.5 Å². The van der Waals surface area contributed by atoms with Crippen molar-refractivity contribution in [2.45, 2.75) is 51.0 Å². The zero-order valence-corrected chi connectivity index (χ0v) is 16.2. The Kier molecular flexibility index (Phi) is 5.31. The Labute approximate surface area is 163 Å². The Hall–Kier alpha value is -2.09. The van der Waals surface area contributed by atoms with Crippen LogP contribution in [0.5, 0.6) is 11.5 Å². The number of hydrogen-bond donors (Lipinski definition) is 2. The molecule has 6 nitrogen and oxygen atoms in total. The van der Waals surface area contributed by atoms with E-state index in [4.69, 9.17) is 9.47 Å². The minimum atomic E-state index is -2.88. The molecule has 1 heterocycles. The molecule has 28 heavy (non-hydrogen) atoms. The zero-order valence-electron chi connectivity index (χ0n) is 16.2. The lowest BCUT2D eigenvalue weighted by Gasteiger charge is -2.63. The lowest BCUT2D eigenvalue weighted by molar-refractivity contribution is -0.171. The van der Waals surface area contributed by atoms with E-state index >= 15 is 0 Å². The van der Waals surface area contributed by atoms with Gasteiger partial charge in [0.1, 0.15) is 11.5 Å². The van der Waals surface area contributed by atoms with Crippen LogP contribution in [0.3, 0.4) is 0 Å². The molecule has 3 unspecified atom stereocenters. The molecule has 0 amide bonds. The van der Waals surface area contributed by atoms with Crippen molar-refractivity contribution in [1.29, 1.82) is 0 Å². The maximum Gasteiger partial charge on any atom is 0.387 e. The molecule has 2 saturated carbocycles. The van der Waals surface area contributed by atoms with Gasteiger partial charge >= 0.3 is 6.61 Å². The smallest absolute Gasteiger partial charge is 0.387 e. The first-order valence-electron chi connectivity index (χ1n) is 9.78. The quantitative estimate of drug-likeness (QED) is 0.573. The number of alkyl halides is 2. The summed E-state index contributed by atoms with van der Waals surface area (Å²) in [4.78, 5) is 4.33. The topological polar surface area (TPSA) is 64.1 Å². The van der Waals surface area contributed by atoms with Crippen LogP contribution in [0, 0.1) is 11.3 Å². The fourth-order valence-electron chi connectivity index (χ4n) is 5.01. The van der Waals surface area contributed by atoms with Crippen LogP contribution in [0.4, 0.5) is 8.78 Å². The van der Waals surface area contributed by atoms with Crippen molar-refractivity contribution < 1.29 is 23.0 Å². The highest BCUT2D eigenvalue weighted by atomic mass is 19.3. The van der Waals surface area contributed by atoms with E-state index in [-0.39, 0.29) is 11.2 Å². The Morgan fingerprint density at radius 1 is 1.39 bits per heavy atom. The van der Waals surface area contributed by atoms with Crippen molar-refractivity contribution in [2.75, 3.05) is 20.8 Å². The molecule has 1 aromatic rings. The van der Waals surface area contributed by atoms with Crippen LogP contribution in [0.15, 0.2) is 23.2 Å². The SMILES string of the molecule is CN=C(NCc1cc(OC)ccc1OC(F)F)NC1C2CCOC2C12CCC2. The average molecular weight is 395 g/mol. The van der Waals surface area contributed by atoms with Crippen molar-refractivity contribution in [2.24, 2.45) is 16.3 Å². The van der Waals surface area contributed by atoms with Crippen molar-refractivity contribution in [3.63, 3.8) is 0 Å². The standard InChI is InChI=1S/C20H27F2N3O3/c1-23-19(25-16-14-6-9-27-17(14)20(16)7-3-8-20)24-11-12-10-13(26-2)4-5-15(12)28-18(21)22/h4-5,10,14,16-18H,3,6-9,11H2,1-2H3,(H2,23,24,25). The summed E-state index contributed by atoms with van der Waals surface area (Å²) < 4.78 is 41.2. The van der Waals surface area contributed by atoms with E-state index in [1.165, 1.54) is 32.4 Å². The van der Waals surface area contributed by atoms with Gasteiger partial charge in [0.25, 0.3) is 0 Å². The first-order chi connectivity index (χ1) is 13.6. The van der Waals surface area contributed by atoms with Crippen LogP contribution in [-0.2, 0) is 11.3 Å². The first-order valence-corrected chi connectivity index (χ1v) is 9.78. The molecule has 1 aromatic carbocycles. The van der Waals surface area contributed by atoms with Crippen LogP contribution < -0.4 is 20.1 Å². The molecule has 2 aliphatic carbocycles. The van der Waals surface area contributed by atoms with E-state index < -0.39 is 6.61 Å². The molecule has 2 N–H and O–H groups in total. The van der Waals surface area contributed by atoms with Crippen molar-refractivity contribution in [1.82, 2.24) is 10.6 Å². The second kappa shape index (κ2) is 7.73. The number of ether oxygens (including phenoxy) is 3. The number of fused-ring (bicyclic) bond motifs is 2. The van der Waals surface area contributed by atoms with Gasteiger partial charge in [-0.15, -0.1) is 0 Å². The number of benzene rings is 1. The van der Waals surface area contributed by atoms with Gasteiger partial charge in [-0.2, -0.15) is 8.78 Å². The van der Waals surface area contributed by atoms with Crippen LogP contribution >= 0.6 is 0 Å². The third-order valence-corrected chi connectivity index (χ3v) is 6.48. The van der Waals surface area contributed by atoms with Gasteiger partial charge < -0.3 is 24.8 Å². The largest absolute Gasteiger partial charge is 0.497 e. The summed E-state index contributed by atoms with van der Waals surface area (Å²) in [5, 5.41) is 6.80. The average Bonchev–Trinajstić information content (AvgIpc) is 3.06. The number of hydrogen-bond acceptors (Lipinski definition) is 4. The van der Waals surface area contributed by atoms with Gasteiger partial charge in [-0.3, -0.25) is 4.99 Å². The lowest BCUT2D eigenvalue weighted by Crippen LogP contribution is -2.72. The minimum absolute atomic E-state index is 0.127. The molecule has 3 fully saturated rings. The summed E-state index contributed by atoms with van der Waals surface area (Å²) in [6.45, 7) is -1.75. The van der Waals surface area contributed by atoms with E-state index in [0.29, 0.717) is 41.9 Å². The maximum atomic E-state index is 12.7. The number of nitrogens with one attached hydrogen (secondary N) is 2. The highest BCUT2D eigenvalue weighted by Crippen LogP contribution is 2.62. The fourth-order valence-corrected chi connectivity index (χ4v) is 5.01. The monoisotopic (exact) mass is 395 g/mol. The molecule has 1 saturated heterocycles. The first kappa shape index (κ1) is 19.2. The lowest BCUT2D eigenvalue weighted by atomic mass is 9.46. The summed E-state index contributed by atoms with van der Waals surface area (Å²) in [5.41, 5.74) is 0.815. The summed E-state index contributed by atoms with van der Waals surface area (Å²) >= 11 is 0. The summed E-state index contributed by atoms with van der Waals surface area (Å²) in [7, 11) is 3.25. The molecule has 0 bridgehead atoms. The minimum Gasteiger partial charge on any atom is -0.497 e. The summed E-state index contributed by atoms with van der Waals surface area (Å²) in [6, 6.07) is 5.13. The molecule has 3 aliphatic rings. The summed E-state index contributed by atoms with van der Waals surface area (Å²) in [6.07, 6.45) is 5.07. The molecule has 3 atom stereocenters. The highest BCUT2D eigenvalue weighted by Gasteiger charge is 2.66. The highest BCUT2D eigenvalue weighted by molar-refractivity contribution is 5.80. The second-order valence-corrected chi connectivity index (χ2v) is 7.73. The van der Waals surface area contributed by atoms with E-state index in [9.17, 15) is 8.78 Å². The Morgan fingerprint density at radius 2 is 2.21 bits per heavy atom. The molecule has 0 aromatic heterocycles. The van der Waals surface area contributed by atoms with Gasteiger partial charge in [0.2, 0.25) is 0 Å². The van der Waals surface area contributed by atoms with Gasteiger partial charge in [0.15, 0.2) is 5.96 Å². The van der Waals surface area contributed by atoms with Crippen molar-refractivity contribution in [3.8, 4) is 11.5 Å². The zero-order chi connectivity index (χ0) is 19.7. The molecule has 1 spiro atoms. The molecular weight excluding hydrogens is 368 g/mol. The number of rotatable bonds is 6. The van der Waals surface area contributed by atoms with E-state index in [2.05, 4.69) is 20.4 Å². The van der Waals surface area contributed by atoms with Gasteiger partial charge in [0.05, 0.1) is 13.2 Å². The van der Waals surface area contributed by atoms with Crippen molar-refractivity contribution >= 4 is 5.96 Å². The van der Waals surface area contributed by atoms with E-state index in [0.717, 1.165) is 13.0 Å². The molecule has 4 rings (SSSR count). The molecular formula is C20H27F2N3O3.